The molecule has 0 N–H and O–H groups in total. The quantitative estimate of drug-likeness (QED) is 0.176. The van der Waals surface area contributed by atoms with Crippen molar-refractivity contribution in [2.45, 2.75) is 13.1 Å². The number of aromatic nitrogens is 2. The standard InChI is InChI=1S/C35H25N3/c36-24-25(21-23-38-31-16-6-3-13-28(31)29-14-4-7-17-32(29)38)10-9-22-37-33-18-8-5-15-30(33)35-27-12-2-1-11-26(27)19-20-34(35)37/h1-21H,22-23H2/b10-9-,25-21+. The van der Waals surface area contributed by atoms with Crippen molar-refractivity contribution >= 4 is 54.4 Å². The average Bonchev–Trinajstić information content (AvgIpc) is 3.48. The molecule has 0 saturated carbocycles. The predicted molar refractivity (Wildman–Crippen MR) is 159 cm³/mol. The molecular formula is C35H25N3. The second-order valence-electron chi connectivity index (χ2n) is 9.63. The first-order chi connectivity index (χ1) is 18.8. The lowest BCUT2D eigenvalue weighted by Gasteiger charge is -2.05. The van der Waals surface area contributed by atoms with E-state index in [0.717, 1.165) is 0 Å². The number of hydrogen-bond donors (Lipinski definition) is 0. The van der Waals surface area contributed by atoms with Gasteiger partial charge >= 0.3 is 0 Å². The van der Waals surface area contributed by atoms with E-state index >= 15 is 0 Å². The van der Waals surface area contributed by atoms with Gasteiger partial charge in [0.05, 0.1) is 11.6 Å². The fourth-order valence-electron chi connectivity index (χ4n) is 5.84. The molecule has 0 aliphatic heterocycles. The minimum absolute atomic E-state index is 0.641. The predicted octanol–water partition coefficient (Wildman–Crippen LogP) is 8.76. The van der Waals surface area contributed by atoms with Crippen molar-refractivity contribution < 1.29 is 0 Å². The van der Waals surface area contributed by atoms with E-state index in [2.05, 4.69) is 130 Å². The highest BCUT2D eigenvalue weighted by molar-refractivity contribution is 6.20. The summed E-state index contributed by atoms with van der Waals surface area (Å²) in [6, 6.07) is 40.9. The first-order valence-electron chi connectivity index (χ1n) is 12.9. The average molecular weight is 488 g/mol. The molecule has 0 atom stereocenters. The van der Waals surface area contributed by atoms with Crippen LogP contribution >= 0.6 is 0 Å². The van der Waals surface area contributed by atoms with E-state index in [1.807, 2.05) is 12.2 Å². The maximum atomic E-state index is 9.91. The summed E-state index contributed by atoms with van der Waals surface area (Å²) in [4.78, 5) is 0. The zero-order chi connectivity index (χ0) is 25.5. The maximum absolute atomic E-state index is 9.91. The van der Waals surface area contributed by atoms with E-state index in [4.69, 9.17) is 0 Å². The number of benzene rings is 5. The summed E-state index contributed by atoms with van der Waals surface area (Å²) >= 11 is 0. The van der Waals surface area contributed by atoms with E-state index in [-0.39, 0.29) is 0 Å². The van der Waals surface area contributed by atoms with Gasteiger partial charge in [-0.15, -0.1) is 0 Å². The van der Waals surface area contributed by atoms with Crippen LogP contribution < -0.4 is 0 Å². The number of nitrogens with zero attached hydrogens (tertiary/aromatic N) is 3. The normalized spacial score (nSPS) is 12.4. The summed E-state index contributed by atoms with van der Waals surface area (Å²) < 4.78 is 4.63. The van der Waals surface area contributed by atoms with Gasteiger partial charge in [-0.2, -0.15) is 5.26 Å². The maximum Gasteiger partial charge on any atom is 0.0988 e. The Morgan fingerprint density at radius 1 is 0.579 bits per heavy atom. The SMILES string of the molecule is N#CC(/C=C\Cn1c2ccccc2c2c3ccccc3ccc21)=C/Cn1c2ccccc2c2ccccc21. The Hall–Kier alpha value is -5.07. The third-order valence-electron chi connectivity index (χ3n) is 7.55. The Morgan fingerprint density at radius 3 is 1.82 bits per heavy atom. The van der Waals surface area contributed by atoms with Gasteiger partial charge in [0.1, 0.15) is 0 Å². The minimum atomic E-state index is 0.641. The highest BCUT2D eigenvalue weighted by Gasteiger charge is 2.12. The Balaban J connectivity index is 1.24. The van der Waals surface area contributed by atoms with Crippen LogP contribution in [0.4, 0.5) is 0 Å². The van der Waals surface area contributed by atoms with Crippen LogP contribution in [0.2, 0.25) is 0 Å². The van der Waals surface area contributed by atoms with Gasteiger partial charge in [-0.05, 0) is 47.2 Å². The summed E-state index contributed by atoms with van der Waals surface area (Å²) in [6.07, 6.45) is 6.08. The number of hydrogen-bond acceptors (Lipinski definition) is 1. The molecule has 7 rings (SSSR count). The smallest absolute Gasteiger partial charge is 0.0988 e. The molecule has 7 aromatic rings. The van der Waals surface area contributed by atoms with Crippen molar-refractivity contribution in [2.24, 2.45) is 0 Å². The molecule has 0 spiro atoms. The van der Waals surface area contributed by atoms with E-state index in [1.165, 1.54) is 54.4 Å². The molecule has 0 amide bonds. The molecule has 2 aromatic heterocycles. The fourth-order valence-corrected chi connectivity index (χ4v) is 5.84. The number of nitriles is 1. The second kappa shape index (κ2) is 9.10. The third kappa shape index (κ3) is 3.50. The molecule has 3 nitrogen and oxygen atoms in total. The molecule has 3 heteroatoms. The molecule has 0 unspecified atom stereocenters. The summed E-state index contributed by atoms with van der Waals surface area (Å²) in [6.45, 7) is 1.33. The van der Waals surface area contributed by atoms with Gasteiger partial charge in [-0.1, -0.05) is 91.0 Å². The zero-order valence-corrected chi connectivity index (χ0v) is 20.9. The number of fused-ring (bicyclic) bond motifs is 8. The lowest BCUT2D eigenvalue weighted by molar-refractivity contribution is 0.891. The van der Waals surface area contributed by atoms with Crippen LogP contribution in [0, 0.1) is 11.3 Å². The van der Waals surface area contributed by atoms with Crippen LogP contribution in [-0.4, -0.2) is 9.13 Å². The van der Waals surface area contributed by atoms with Gasteiger partial charge in [0.15, 0.2) is 0 Å². The molecule has 180 valence electrons. The second-order valence-corrected chi connectivity index (χ2v) is 9.63. The van der Waals surface area contributed by atoms with Crippen LogP contribution in [0.1, 0.15) is 0 Å². The lowest BCUT2D eigenvalue weighted by Crippen LogP contribution is -1.96. The molecule has 2 heterocycles. The summed E-state index contributed by atoms with van der Waals surface area (Å²) in [7, 11) is 0. The van der Waals surface area contributed by atoms with Crippen molar-refractivity contribution in [3.8, 4) is 6.07 Å². The molecule has 0 saturated heterocycles. The van der Waals surface area contributed by atoms with E-state index < -0.39 is 0 Å². The van der Waals surface area contributed by atoms with Gasteiger partial charge in [-0.3, -0.25) is 0 Å². The Bertz CT molecular complexity index is 2040. The van der Waals surface area contributed by atoms with Crippen molar-refractivity contribution in [3.05, 3.63) is 133 Å². The first-order valence-corrected chi connectivity index (χ1v) is 12.9. The Labute approximate surface area is 220 Å². The minimum Gasteiger partial charge on any atom is -0.337 e. The van der Waals surface area contributed by atoms with Crippen molar-refractivity contribution in [3.63, 3.8) is 0 Å². The van der Waals surface area contributed by atoms with Crippen molar-refractivity contribution in [2.75, 3.05) is 0 Å². The van der Waals surface area contributed by atoms with Gasteiger partial charge in [0, 0.05) is 56.8 Å². The largest absolute Gasteiger partial charge is 0.337 e. The van der Waals surface area contributed by atoms with Crippen molar-refractivity contribution in [1.82, 2.24) is 9.13 Å². The van der Waals surface area contributed by atoms with Gasteiger partial charge in [0.25, 0.3) is 0 Å². The highest BCUT2D eigenvalue weighted by Crippen LogP contribution is 2.35. The molecule has 0 aliphatic carbocycles. The third-order valence-corrected chi connectivity index (χ3v) is 7.55. The van der Waals surface area contributed by atoms with Gasteiger partial charge < -0.3 is 9.13 Å². The molecular weight excluding hydrogens is 462 g/mol. The van der Waals surface area contributed by atoms with Crippen LogP contribution in [0.15, 0.2) is 133 Å². The van der Waals surface area contributed by atoms with Crippen LogP contribution in [0.5, 0.6) is 0 Å². The van der Waals surface area contributed by atoms with Crippen molar-refractivity contribution in [1.29, 1.82) is 5.26 Å². The van der Waals surface area contributed by atoms with Gasteiger partial charge in [0.2, 0.25) is 0 Å². The van der Waals surface area contributed by atoms with E-state index in [9.17, 15) is 5.26 Å². The number of rotatable bonds is 5. The molecule has 0 aliphatic rings. The fraction of sp³-hybridized carbons (Fsp3) is 0.0571. The Morgan fingerprint density at radius 2 is 1.13 bits per heavy atom. The summed E-state index contributed by atoms with van der Waals surface area (Å²) in [5.74, 6) is 0. The molecule has 38 heavy (non-hydrogen) atoms. The topological polar surface area (TPSA) is 33.6 Å². The zero-order valence-electron chi connectivity index (χ0n) is 20.9. The molecule has 0 fully saturated rings. The molecule has 0 bridgehead atoms. The molecule has 0 radical (unpaired) electrons. The first kappa shape index (κ1) is 22.2. The lowest BCUT2D eigenvalue weighted by atomic mass is 10.0. The van der Waals surface area contributed by atoms with E-state index in [0.29, 0.717) is 18.7 Å². The van der Waals surface area contributed by atoms with Crippen LogP contribution in [-0.2, 0) is 13.1 Å². The van der Waals surface area contributed by atoms with Crippen LogP contribution in [0.25, 0.3) is 54.4 Å². The molecule has 5 aromatic carbocycles. The summed E-state index contributed by atoms with van der Waals surface area (Å²) in [5, 5.41) is 17.5. The number of allylic oxidation sites excluding steroid dienone is 4. The Kier molecular flexibility index (Phi) is 5.31. The monoisotopic (exact) mass is 487 g/mol. The highest BCUT2D eigenvalue weighted by atomic mass is 15.0. The van der Waals surface area contributed by atoms with E-state index in [1.54, 1.807) is 0 Å². The van der Waals surface area contributed by atoms with Gasteiger partial charge in [-0.25, -0.2) is 0 Å². The van der Waals surface area contributed by atoms with Crippen LogP contribution in [0.3, 0.4) is 0 Å². The summed E-state index contributed by atoms with van der Waals surface area (Å²) in [5.41, 5.74) is 5.45. The number of para-hydroxylation sites is 3.